The second-order valence-electron chi connectivity index (χ2n) is 5.49. The maximum atomic E-state index is 12.1. The molecule has 0 saturated heterocycles. The smallest absolute Gasteiger partial charge is 0.333 e. The summed E-state index contributed by atoms with van der Waals surface area (Å²) in [5.41, 5.74) is 1.42. The number of nitrogens with zero attached hydrogens (tertiary/aromatic N) is 1. The van der Waals surface area contributed by atoms with E-state index in [1.165, 1.54) is 12.1 Å². The first-order valence-electron chi connectivity index (χ1n) is 8.00. The Hall–Kier alpha value is -3.15. The van der Waals surface area contributed by atoms with Crippen LogP contribution in [-0.2, 0) is 16.1 Å². The normalized spacial score (nSPS) is 12.9. The number of hydrogen-bond donors (Lipinski definition) is 0. The molecular weight excluding hydrogens is 322 g/mol. The van der Waals surface area contributed by atoms with Crippen LogP contribution in [0.25, 0.3) is 0 Å². The fraction of sp³-hybridized carbons (Fsp3) is 0.211. The van der Waals surface area contributed by atoms with Crippen molar-refractivity contribution in [3.05, 3.63) is 65.2 Å². The number of fused-ring (bicyclic) bond motifs is 1. The lowest BCUT2D eigenvalue weighted by Gasteiger charge is -2.12. The molecule has 0 fully saturated rings. The molecular formula is C19H17NO5. The monoisotopic (exact) mass is 339 g/mol. The molecule has 0 aromatic heterocycles. The van der Waals surface area contributed by atoms with Crippen molar-refractivity contribution in [1.29, 1.82) is 0 Å². The quantitative estimate of drug-likeness (QED) is 0.757. The molecule has 0 radical (unpaired) electrons. The number of carbonyl (C=O) groups is 3. The first kappa shape index (κ1) is 16.7. The molecule has 3 rings (SSSR count). The first-order chi connectivity index (χ1) is 12.1. The number of aryl methyl sites for hydroxylation is 1. The van der Waals surface area contributed by atoms with Gasteiger partial charge < -0.3 is 9.57 Å². The molecule has 6 nitrogen and oxygen atoms in total. The van der Waals surface area contributed by atoms with Crippen LogP contribution in [0.1, 0.15) is 39.6 Å². The molecule has 0 bridgehead atoms. The second-order valence-corrected chi connectivity index (χ2v) is 5.49. The molecule has 0 unspecified atom stereocenters. The number of hydrogen-bond acceptors (Lipinski definition) is 5. The van der Waals surface area contributed by atoms with E-state index in [9.17, 15) is 14.4 Å². The van der Waals surface area contributed by atoms with Crippen molar-refractivity contribution in [3.8, 4) is 5.75 Å². The molecule has 0 atom stereocenters. The summed E-state index contributed by atoms with van der Waals surface area (Å²) in [7, 11) is 0. The Balaban J connectivity index is 1.56. The Labute approximate surface area is 144 Å². The van der Waals surface area contributed by atoms with E-state index in [4.69, 9.17) is 9.57 Å². The second kappa shape index (κ2) is 7.17. The molecule has 6 heteroatoms. The van der Waals surface area contributed by atoms with Gasteiger partial charge in [0.25, 0.3) is 11.8 Å². The van der Waals surface area contributed by atoms with E-state index >= 15 is 0 Å². The number of hydroxylamine groups is 2. The minimum Gasteiger partial charge on any atom is -0.494 e. The number of imide groups is 1. The third-order valence-corrected chi connectivity index (χ3v) is 3.80. The van der Waals surface area contributed by atoms with Crippen LogP contribution >= 0.6 is 0 Å². The Bertz CT molecular complexity index is 778. The van der Waals surface area contributed by atoms with E-state index < -0.39 is 17.8 Å². The molecule has 1 heterocycles. The van der Waals surface area contributed by atoms with Crippen molar-refractivity contribution in [1.82, 2.24) is 5.06 Å². The summed E-state index contributed by atoms with van der Waals surface area (Å²) >= 11 is 0. The van der Waals surface area contributed by atoms with Crippen LogP contribution in [0.2, 0.25) is 0 Å². The van der Waals surface area contributed by atoms with Crippen LogP contribution < -0.4 is 4.74 Å². The van der Waals surface area contributed by atoms with Crippen LogP contribution in [-0.4, -0.2) is 29.5 Å². The zero-order chi connectivity index (χ0) is 17.8. The maximum absolute atomic E-state index is 12.1. The molecule has 2 aromatic carbocycles. The lowest BCUT2D eigenvalue weighted by atomic mass is 10.1. The summed E-state index contributed by atoms with van der Waals surface area (Å²) in [6.45, 7) is 2.50. The van der Waals surface area contributed by atoms with E-state index in [-0.39, 0.29) is 17.5 Å². The minimum absolute atomic E-state index is 0.0569. The molecule has 0 spiro atoms. The summed E-state index contributed by atoms with van der Waals surface area (Å²) in [5, 5.41) is 0.533. The van der Waals surface area contributed by atoms with Crippen molar-refractivity contribution < 1.29 is 24.0 Å². The zero-order valence-electron chi connectivity index (χ0n) is 13.7. The highest BCUT2D eigenvalue weighted by molar-refractivity contribution is 6.20. The third kappa shape index (κ3) is 3.52. The fourth-order valence-electron chi connectivity index (χ4n) is 2.56. The minimum atomic E-state index is -0.636. The third-order valence-electron chi connectivity index (χ3n) is 3.80. The highest BCUT2D eigenvalue weighted by atomic mass is 16.7. The van der Waals surface area contributed by atoms with Crippen LogP contribution in [0.4, 0.5) is 0 Å². The van der Waals surface area contributed by atoms with Gasteiger partial charge >= 0.3 is 5.97 Å². The van der Waals surface area contributed by atoms with Gasteiger partial charge in [0.15, 0.2) is 0 Å². The Morgan fingerprint density at radius 3 is 2.12 bits per heavy atom. The molecule has 1 aliphatic rings. The van der Waals surface area contributed by atoms with Crippen LogP contribution in [0.3, 0.4) is 0 Å². The summed E-state index contributed by atoms with van der Waals surface area (Å²) < 4.78 is 5.36. The predicted molar refractivity (Wildman–Crippen MR) is 89.0 cm³/mol. The number of benzene rings is 2. The van der Waals surface area contributed by atoms with Gasteiger partial charge in [-0.1, -0.05) is 29.3 Å². The molecule has 128 valence electrons. The van der Waals surface area contributed by atoms with Crippen LogP contribution in [0, 0.1) is 0 Å². The lowest BCUT2D eigenvalue weighted by molar-refractivity contribution is -0.168. The topological polar surface area (TPSA) is 72.9 Å². The molecule has 0 aliphatic carbocycles. The van der Waals surface area contributed by atoms with Crippen molar-refractivity contribution in [2.24, 2.45) is 0 Å². The summed E-state index contributed by atoms with van der Waals surface area (Å²) in [4.78, 5) is 41.2. The molecule has 0 N–H and O–H groups in total. The Morgan fingerprint density at radius 1 is 0.960 bits per heavy atom. The Kier molecular flexibility index (Phi) is 4.79. The van der Waals surface area contributed by atoms with Crippen molar-refractivity contribution in [3.63, 3.8) is 0 Å². The van der Waals surface area contributed by atoms with E-state index in [0.29, 0.717) is 18.1 Å². The largest absolute Gasteiger partial charge is 0.494 e. The average Bonchev–Trinajstić information content (AvgIpc) is 2.87. The fourth-order valence-corrected chi connectivity index (χ4v) is 2.56. The molecule has 0 saturated carbocycles. The maximum Gasteiger partial charge on any atom is 0.333 e. The standard InChI is InChI=1S/C19H17NO5/c1-2-24-14-10-7-13(8-11-14)9-12-17(21)25-20-18(22)15-5-3-4-6-16(15)19(20)23/h3-8,10-11H,2,9,12H2,1H3. The van der Waals surface area contributed by atoms with Crippen molar-refractivity contribution >= 4 is 17.8 Å². The highest BCUT2D eigenvalue weighted by Gasteiger charge is 2.38. The van der Waals surface area contributed by atoms with E-state index in [0.717, 1.165) is 11.3 Å². The molecule has 25 heavy (non-hydrogen) atoms. The van der Waals surface area contributed by atoms with Crippen molar-refractivity contribution in [2.45, 2.75) is 19.8 Å². The van der Waals surface area contributed by atoms with Gasteiger partial charge in [0, 0.05) is 0 Å². The lowest BCUT2D eigenvalue weighted by Crippen LogP contribution is -2.32. The highest BCUT2D eigenvalue weighted by Crippen LogP contribution is 2.23. The van der Waals surface area contributed by atoms with Gasteiger partial charge in [-0.05, 0) is 43.2 Å². The van der Waals surface area contributed by atoms with Gasteiger partial charge in [0.1, 0.15) is 5.75 Å². The van der Waals surface area contributed by atoms with Gasteiger partial charge in [-0.15, -0.1) is 0 Å². The van der Waals surface area contributed by atoms with E-state index in [1.807, 2.05) is 31.2 Å². The SMILES string of the molecule is CCOc1ccc(CCC(=O)ON2C(=O)c3ccccc3C2=O)cc1. The first-order valence-corrected chi connectivity index (χ1v) is 8.00. The summed E-state index contributed by atoms with van der Waals surface area (Å²) in [5.74, 6) is -1.10. The van der Waals surface area contributed by atoms with Crippen LogP contribution in [0.15, 0.2) is 48.5 Å². The number of carbonyl (C=O) groups excluding carboxylic acids is 3. The molecule has 2 amide bonds. The van der Waals surface area contributed by atoms with Gasteiger partial charge in [-0.3, -0.25) is 9.59 Å². The summed E-state index contributed by atoms with van der Waals surface area (Å²) in [6.07, 6.45) is 0.496. The molecule has 2 aromatic rings. The van der Waals surface area contributed by atoms with Gasteiger partial charge in [0.2, 0.25) is 0 Å². The Morgan fingerprint density at radius 2 is 1.56 bits per heavy atom. The number of rotatable bonds is 6. The van der Waals surface area contributed by atoms with Crippen LogP contribution in [0.5, 0.6) is 5.75 Å². The van der Waals surface area contributed by atoms with E-state index in [2.05, 4.69) is 0 Å². The predicted octanol–water partition coefficient (Wildman–Crippen LogP) is 2.77. The zero-order valence-corrected chi connectivity index (χ0v) is 13.7. The summed E-state index contributed by atoms with van der Waals surface area (Å²) in [6, 6.07) is 13.7. The van der Waals surface area contributed by atoms with Crippen molar-refractivity contribution in [2.75, 3.05) is 6.61 Å². The molecule has 1 aliphatic heterocycles. The van der Waals surface area contributed by atoms with Gasteiger partial charge in [-0.25, -0.2) is 4.79 Å². The van der Waals surface area contributed by atoms with Gasteiger partial charge in [-0.2, -0.15) is 0 Å². The average molecular weight is 339 g/mol. The number of ether oxygens (including phenoxy) is 1. The van der Waals surface area contributed by atoms with E-state index in [1.54, 1.807) is 12.1 Å². The number of amides is 2. The van der Waals surface area contributed by atoms with Gasteiger partial charge in [0.05, 0.1) is 24.2 Å².